The number of isocyanates is 1. The summed E-state index contributed by atoms with van der Waals surface area (Å²) < 4.78 is 10.5. The van der Waals surface area contributed by atoms with Crippen LogP contribution in [-0.4, -0.2) is 20.3 Å². The lowest BCUT2D eigenvalue weighted by Gasteiger charge is -2.16. The van der Waals surface area contributed by atoms with Crippen LogP contribution in [0.2, 0.25) is 5.02 Å². The van der Waals surface area contributed by atoms with E-state index in [1.165, 1.54) is 13.2 Å². The molecule has 0 bridgehead atoms. The summed E-state index contributed by atoms with van der Waals surface area (Å²) in [7, 11) is 3.09. The molecule has 1 rings (SSSR count). The van der Waals surface area contributed by atoms with Gasteiger partial charge in [-0.05, 0) is 18.1 Å². The fourth-order valence-corrected chi connectivity index (χ4v) is 2.04. The summed E-state index contributed by atoms with van der Waals surface area (Å²) in [5.41, 5.74) is 1.78. The maximum Gasteiger partial charge on any atom is 0.235 e. The monoisotopic (exact) mass is 255 g/mol. The van der Waals surface area contributed by atoms with Crippen LogP contribution in [0.25, 0.3) is 0 Å². The van der Waals surface area contributed by atoms with Gasteiger partial charge in [-0.1, -0.05) is 18.5 Å². The Hall–Kier alpha value is -1.51. The Bertz CT molecular complexity index is 454. The van der Waals surface area contributed by atoms with Gasteiger partial charge in [0.25, 0.3) is 0 Å². The summed E-state index contributed by atoms with van der Waals surface area (Å²) in [6.07, 6.45) is 2.25. The molecule has 0 saturated heterocycles. The number of ether oxygens (including phenoxy) is 2. The Balaban J connectivity index is 3.41. The lowest BCUT2D eigenvalue weighted by molar-refractivity contribution is 0.351. The zero-order valence-corrected chi connectivity index (χ0v) is 10.8. The van der Waals surface area contributed by atoms with Crippen LogP contribution in [0.15, 0.2) is 11.1 Å². The van der Waals surface area contributed by atoms with E-state index in [9.17, 15) is 4.79 Å². The number of hydrogen-bond donors (Lipinski definition) is 0. The molecule has 0 amide bonds. The Labute approximate surface area is 105 Å². The first-order valence-corrected chi connectivity index (χ1v) is 5.53. The van der Waals surface area contributed by atoms with E-state index in [1.54, 1.807) is 13.2 Å². The Kier molecular flexibility index (Phi) is 5.01. The zero-order valence-electron chi connectivity index (χ0n) is 10.0. The molecule has 0 aromatic heterocycles. The van der Waals surface area contributed by atoms with Crippen molar-refractivity contribution < 1.29 is 14.3 Å². The number of benzene rings is 1. The van der Waals surface area contributed by atoms with Gasteiger partial charge < -0.3 is 9.47 Å². The molecule has 0 fully saturated rings. The number of halogens is 1. The normalized spacial score (nSPS) is 9.65. The van der Waals surface area contributed by atoms with Crippen molar-refractivity contribution in [1.82, 2.24) is 0 Å². The van der Waals surface area contributed by atoms with E-state index in [1.807, 2.05) is 6.92 Å². The highest BCUT2D eigenvalue weighted by atomic mass is 35.5. The number of methoxy groups -OCH3 is 2. The van der Waals surface area contributed by atoms with Crippen LogP contribution in [0, 0.1) is 0 Å². The average molecular weight is 256 g/mol. The van der Waals surface area contributed by atoms with Gasteiger partial charge in [-0.2, -0.15) is 0 Å². The van der Waals surface area contributed by atoms with E-state index >= 15 is 0 Å². The molecular formula is C12H14ClNO3. The quantitative estimate of drug-likeness (QED) is 0.600. The highest BCUT2D eigenvalue weighted by molar-refractivity contribution is 6.32. The standard InChI is InChI=1S/C12H14ClNO3/c1-4-9-8(6-14-7-15)5-10(13)12(17-3)11(9)16-2/h5H,4,6H2,1-3H3. The van der Waals surface area contributed by atoms with Crippen LogP contribution in [0.5, 0.6) is 11.5 Å². The molecule has 92 valence electrons. The maximum absolute atomic E-state index is 10.2. The first kappa shape index (κ1) is 13.6. The van der Waals surface area contributed by atoms with Crippen LogP contribution in [-0.2, 0) is 17.8 Å². The topological polar surface area (TPSA) is 47.9 Å². The molecule has 0 spiro atoms. The summed E-state index contributed by atoms with van der Waals surface area (Å²) in [5.74, 6) is 1.10. The Morgan fingerprint density at radius 2 is 2.00 bits per heavy atom. The van der Waals surface area contributed by atoms with Gasteiger partial charge in [-0.3, -0.25) is 0 Å². The van der Waals surface area contributed by atoms with Gasteiger partial charge in [0, 0.05) is 5.56 Å². The molecule has 0 aliphatic rings. The van der Waals surface area contributed by atoms with Crippen molar-refractivity contribution >= 4 is 17.7 Å². The predicted molar refractivity (Wildman–Crippen MR) is 65.8 cm³/mol. The predicted octanol–water partition coefficient (Wildman–Crippen LogP) is 2.76. The third-order valence-corrected chi connectivity index (χ3v) is 2.74. The van der Waals surface area contributed by atoms with E-state index in [0.717, 1.165) is 17.5 Å². The van der Waals surface area contributed by atoms with Gasteiger partial charge in [0.05, 0.1) is 25.8 Å². The molecule has 1 aromatic carbocycles. The van der Waals surface area contributed by atoms with Gasteiger partial charge in [0.2, 0.25) is 6.08 Å². The highest BCUT2D eigenvalue weighted by Crippen LogP contribution is 2.40. The first-order chi connectivity index (χ1) is 8.19. The minimum atomic E-state index is 0.243. The van der Waals surface area contributed by atoms with Gasteiger partial charge >= 0.3 is 0 Å². The third-order valence-electron chi connectivity index (χ3n) is 2.46. The molecule has 0 heterocycles. The molecule has 17 heavy (non-hydrogen) atoms. The van der Waals surface area contributed by atoms with E-state index in [2.05, 4.69) is 4.99 Å². The van der Waals surface area contributed by atoms with Gasteiger partial charge in [-0.25, -0.2) is 9.79 Å². The third kappa shape index (κ3) is 2.78. The van der Waals surface area contributed by atoms with Crippen molar-refractivity contribution in [3.8, 4) is 11.5 Å². The molecule has 4 nitrogen and oxygen atoms in total. The van der Waals surface area contributed by atoms with Crippen molar-refractivity contribution in [2.75, 3.05) is 14.2 Å². The van der Waals surface area contributed by atoms with Crippen molar-refractivity contribution in [1.29, 1.82) is 0 Å². The fourth-order valence-electron chi connectivity index (χ4n) is 1.75. The molecule has 1 aromatic rings. The molecule has 0 unspecified atom stereocenters. The fraction of sp³-hybridized carbons (Fsp3) is 0.417. The molecule has 0 aliphatic heterocycles. The van der Waals surface area contributed by atoms with Crippen LogP contribution < -0.4 is 9.47 Å². The minimum Gasteiger partial charge on any atom is -0.493 e. The molecule has 0 aliphatic carbocycles. The van der Waals surface area contributed by atoms with Crippen molar-refractivity contribution in [3.63, 3.8) is 0 Å². The number of nitrogens with zero attached hydrogens (tertiary/aromatic N) is 1. The van der Waals surface area contributed by atoms with Crippen LogP contribution in [0.3, 0.4) is 0 Å². The van der Waals surface area contributed by atoms with E-state index in [0.29, 0.717) is 16.5 Å². The smallest absolute Gasteiger partial charge is 0.235 e. The highest BCUT2D eigenvalue weighted by Gasteiger charge is 2.17. The second-order valence-corrected chi connectivity index (χ2v) is 3.73. The largest absolute Gasteiger partial charge is 0.493 e. The first-order valence-electron chi connectivity index (χ1n) is 5.15. The molecular weight excluding hydrogens is 242 g/mol. The lowest BCUT2D eigenvalue weighted by Crippen LogP contribution is -2.00. The number of hydrogen-bond acceptors (Lipinski definition) is 4. The van der Waals surface area contributed by atoms with Gasteiger partial charge in [-0.15, -0.1) is 0 Å². The summed E-state index contributed by atoms with van der Waals surface area (Å²) in [4.78, 5) is 13.7. The second-order valence-electron chi connectivity index (χ2n) is 3.32. The van der Waals surface area contributed by atoms with Crippen LogP contribution in [0.4, 0.5) is 0 Å². The summed E-state index contributed by atoms with van der Waals surface area (Å²) in [6, 6.07) is 1.74. The van der Waals surface area contributed by atoms with Crippen LogP contribution >= 0.6 is 11.6 Å². The summed E-state index contributed by atoms with van der Waals surface area (Å²) in [5, 5.41) is 0.442. The SMILES string of the molecule is CCc1c(CN=C=O)cc(Cl)c(OC)c1OC. The molecule has 0 N–H and O–H groups in total. The van der Waals surface area contributed by atoms with Crippen molar-refractivity contribution in [2.45, 2.75) is 19.9 Å². The van der Waals surface area contributed by atoms with E-state index in [-0.39, 0.29) is 6.54 Å². The van der Waals surface area contributed by atoms with Crippen molar-refractivity contribution in [2.24, 2.45) is 4.99 Å². The molecule has 5 heteroatoms. The molecule has 0 atom stereocenters. The number of carbonyl (C=O) groups excluding carboxylic acids is 1. The average Bonchev–Trinajstić information content (AvgIpc) is 2.35. The molecule has 0 saturated carbocycles. The minimum absolute atomic E-state index is 0.243. The van der Waals surface area contributed by atoms with Crippen LogP contribution in [0.1, 0.15) is 18.1 Å². The number of aliphatic imine (C=N–C) groups is 1. The summed E-state index contributed by atoms with van der Waals surface area (Å²) in [6.45, 7) is 2.23. The Morgan fingerprint density at radius 3 is 2.47 bits per heavy atom. The lowest BCUT2D eigenvalue weighted by atomic mass is 10.0. The Morgan fingerprint density at radius 1 is 1.35 bits per heavy atom. The zero-order chi connectivity index (χ0) is 12.8. The second kappa shape index (κ2) is 6.28. The van der Waals surface area contributed by atoms with Gasteiger partial charge in [0.15, 0.2) is 11.5 Å². The number of rotatable bonds is 5. The van der Waals surface area contributed by atoms with Gasteiger partial charge in [0.1, 0.15) is 0 Å². The maximum atomic E-state index is 10.2. The van der Waals surface area contributed by atoms with Crippen molar-refractivity contribution in [3.05, 3.63) is 22.2 Å². The summed E-state index contributed by atoms with van der Waals surface area (Å²) >= 11 is 6.08. The van der Waals surface area contributed by atoms with E-state index in [4.69, 9.17) is 21.1 Å². The molecule has 0 radical (unpaired) electrons. The van der Waals surface area contributed by atoms with E-state index < -0.39 is 0 Å².